The van der Waals surface area contributed by atoms with E-state index in [2.05, 4.69) is 25.7 Å². The Morgan fingerprint density at radius 2 is 2.00 bits per heavy atom. The molecule has 2 atom stereocenters. The number of benzene rings is 1. The second-order valence-corrected chi connectivity index (χ2v) is 6.32. The number of nitrogens with one attached hydrogen (secondary N) is 3. The highest BCUT2D eigenvalue weighted by atomic mass is 35.5. The fourth-order valence-corrected chi connectivity index (χ4v) is 3.31. The van der Waals surface area contributed by atoms with Crippen LogP contribution in [0.15, 0.2) is 49.1 Å². The van der Waals surface area contributed by atoms with Crippen molar-refractivity contribution in [1.29, 1.82) is 0 Å². The summed E-state index contributed by atoms with van der Waals surface area (Å²) in [5, 5.41) is 10.6. The Labute approximate surface area is 169 Å². The molecule has 1 aliphatic rings. The van der Waals surface area contributed by atoms with Crippen LogP contribution < -0.4 is 10.6 Å². The number of H-pyrrole nitrogens is 1. The largest absolute Gasteiger partial charge is 0.345 e. The molecule has 0 bridgehead atoms. The van der Waals surface area contributed by atoms with Gasteiger partial charge in [-0.25, -0.2) is 4.98 Å². The summed E-state index contributed by atoms with van der Waals surface area (Å²) < 4.78 is 1.77. The molecule has 0 unspecified atom stereocenters. The summed E-state index contributed by atoms with van der Waals surface area (Å²) in [4.78, 5) is 20.0. The highest BCUT2D eigenvalue weighted by Crippen LogP contribution is 2.29. The van der Waals surface area contributed by atoms with Crippen LogP contribution in [0.1, 0.15) is 11.5 Å². The lowest BCUT2D eigenvalue weighted by Crippen LogP contribution is -2.28. The minimum atomic E-state index is -0.103. The first kappa shape index (κ1) is 21.0. The van der Waals surface area contributed by atoms with Crippen LogP contribution in [0.4, 0.5) is 5.69 Å². The summed E-state index contributed by atoms with van der Waals surface area (Å²) in [5.74, 6) is 0.893. The molecule has 0 radical (unpaired) electrons. The zero-order valence-corrected chi connectivity index (χ0v) is 16.4. The molecule has 2 aromatic heterocycles. The summed E-state index contributed by atoms with van der Waals surface area (Å²) in [6.45, 7) is 1.47. The SMILES string of the molecule is Cl.Cl.Cn1cc([C@H]2CNC[C@@H]2C(=O)Nc2ccc(-c3ncc[nH]3)cc2)cn1. The molecule has 0 spiro atoms. The average Bonchev–Trinajstić information content (AvgIpc) is 3.36. The number of halogens is 2. The predicted octanol–water partition coefficient (Wildman–Crippen LogP) is 2.60. The number of hydrogen-bond donors (Lipinski definition) is 3. The van der Waals surface area contributed by atoms with Crippen molar-refractivity contribution in [1.82, 2.24) is 25.1 Å². The van der Waals surface area contributed by atoms with Gasteiger partial charge in [0.25, 0.3) is 0 Å². The fraction of sp³-hybridized carbons (Fsp3) is 0.278. The van der Waals surface area contributed by atoms with E-state index in [0.717, 1.165) is 29.2 Å². The van der Waals surface area contributed by atoms with Gasteiger partial charge in [0, 0.05) is 55.9 Å². The first-order valence-electron chi connectivity index (χ1n) is 8.30. The van der Waals surface area contributed by atoms with E-state index < -0.39 is 0 Å². The number of anilines is 1. The van der Waals surface area contributed by atoms with Crippen molar-refractivity contribution < 1.29 is 4.79 Å². The maximum absolute atomic E-state index is 12.7. The number of imidazole rings is 1. The first-order chi connectivity index (χ1) is 12.2. The molecule has 0 saturated carbocycles. The normalized spacial score (nSPS) is 18.4. The maximum atomic E-state index is 12.7. The summed E-state index contributed by atoms with van der Waals surface area (Å²) in [7, 11) is 1.89. The quantitative estimate of drug-likeness (QED) is 0.618. The van der Waals surface area contributed by atoms with Gasteiger partial charge in [-0.15, -0.1) is 24.8 Å². The van der Waals surface area contributed by atoms with Crippen molar-refractivity contribution in [3.05, 3.63) is 54.6 Å². The van der Waals surface area contributed by atoms with Crippen molar-refractivity contribution >= 4 is 36.4 Å². The number of aromatic nitrogens is 4. The Kier molecular flexibility index (Phi) is 7.01. The molecule has 9 heteroatoms. The lowest BCUT2D eigenvalue weighted by atomic mass is 9.90. The van der Waals surface area contributed by atoms with Crippen molar-refractivity contribution in [2.75, 3.05) is 18.4 Å². The number of amides is 1. The minimum absolute atomic E-state index is 0. The lowest BCUT2D eigenvalue weighted by molar-refractivity contribution is -0.119. The zero-order valence-electron chi connectivity index (χ0n) is 14.8. The van der Waals surface area contributed by atoms with Gasteiger partial charge in [0.1, 0.15) is 5.82 Å². The van der Waals surface area contributed by atoms with Crippen molar-refractivity contribution in [3.8, 4) is 11.4 Å². The van der Waals surface area contributed by atoms with Crippen LogP contribution in [-0.4, -0.2) is 38.7 Å². The molecule has 1 aliphatic heterocycles. The van der Waals surface area contributed by atoms with E-state index in [0.29, 0.717) is 6.54 Å². The minimum Gasteiger partial charge on any atom is -0.345 e. The standard InChI is InChI=1S/C18H20N6O.2ClH/c1-24-11-13(8-22-24)15-9-19-10-16(15)18(25)23-14-4-2-12(3-5-14)17-20-6-7-21-17;;/h2-8,11,15-16,19H,9-10H2,1H3,(H,20,21)(H,23,25);2*1H/t15-,16+;;/m1../s1. The van der Waals surface area contributed by atoms with Crippen molar-refractivity contribution in [2.45, 2.75) is 5.92 Å². The molecule has 4 rings (SSSR count). The molecule has 3 aromatic rings. The zero-order chi connectivity index (χ0) is 17.2. The van der Waals surface area contributed by atoms with Gasteiger partial charge in [-0.1, -0.05) is 0 Å². The van der Waals surface area contributed by atoms with Gasteiger partial charge in [-0.2, -0.15) is 5.10 Å². The van der Waals surface area contributed by atoms with Crippen LogP contribution >= 0.6 is 24.8 Å². The number of carbonyl (C=O) groups excluding carboxylic acids is 1. The number of carbonyl (C=O) groups is 1. The smallest absolute Gasteiger partial charge is 0.229 e. The molecule has 7 nitrogen and oxygen atoms in total. The van der Waals surface area contributed by atoms with E-state index in [4.69, 9.17) is 0 Å². The molecule has 1 fully saturated rings. The molecule has 3 heterocycles. The number of nitrogens with zero attached hydrogens (tertiary/aromatic N) is 3. The average molecular weight is 409 g/mol. The van der Waals surface area contributed by atoms with Crippen LogP contribution in [0.2, 0.25) is 0 Å². The molecule has 27 heavy (non-hydrogen) atoms. The van der Waals surface area contributed by atoms with E-state index >= 15 is 0 Å². The van der Waals surface area contributed by atoms with Crippen LogP contribution in [0.25, 0.3) is 11.4 Å². The van der Waals surface area contributed by atoms with Gasteiger partial charge < -0.3 is 15.6 Å². The van der Waals surface area contributed by atoms with Gasteiger partial charge in [-0.3, -0.25) is 9.48 Å². The molecule has 1 aromatic carbocycles. The monoisotopic (exact) mass is 408 g/mol. The van der Waals surface area contributed by atoms with Crippen molar-refractivity contribution in [2.24, 2.45) is 13.0 Å². The predicted molar refractivity (Wildman–Crippen MR) is 109 cm³/mol. The molecular weight excluding hydrogens is 387 g/mol. The molecule has 0 aliphatic carbocycles. The van der Waals surface area contributed by atoms with Crippen LogP contribution in [0.3, 0.4) is 0 Å². The third-order valence-corrected chi connectivity index (χ3v) is 4.63. The van der Waals surface area contributed by atoms with Crippen LogP contribution in [-0.2, 0) is 11.8 Å². The topological polar surface area (TPSA) is 87.6 Å². The third-order valence-electron chi connectivity index (χ3n) is 4.63. The second kappa shape index (κ2) is 9.03. The highest BCUT2D eigenvalue weighted by molar-refractivity contribution is 5.93. The van der Waals surface area contributed by atoms with E-state index in [1.807, 2.05) is 43.7 Å². The molecule has 1 saturated heterocycles. The summed E-state index contributed by atoms with van der Waals surface area (Å²) >= 11 is 0. The van der Waals surface area contributed by atoms with Gasteiger partial charge in [0.2, 0.25) is 5.91 Å². The van der Waals surface area contributed by atoms with Gasteiger partial charge in [0.15, 0.2) is 0 Å². The Balaban J connectivity index is 0.00000131. The van der Waals surface area contributed by atoms with E-state index in [9.17, 15) is 4.79 Å². The van der Waals surface area contributed by atoms with Crippen LogP contribution in [0, 0.1) is 5.92 Å². The van der Waals surface area contributed by atoms with E-state index in [-0.39, 0.29) is 42.6 Å². The van der Waals surface area contributed by atoms with Gasteiger partial charge in [-0.05, 0) is 29.8 Å². The molecule has 1 amide bonds. The van der Waals surface area contributed by atoms with Gasteiger partial charge >= 0.3 is 0 Å². The fourth-order valence-electron chi connectivity index (χ4n) is 3.31. The Morgan fingerprint density at radius 1 is 1.22 bits per heavy atom. The first-order valence-corrected chi connectivity index (χ1v) is 8.30. The second-order valence-electron chi connectivity index (χ2n) is 6.32. The lowest BCUT2D eigenvalue weighted by Gasteiger charge is -2.17. The van der Waals surface area contributed by atoms with E-state index in [1.165, 1.54) is 0 Å². The molecule has 3 N–H and O–H groups in total. The summed E-state index contributed by atoms with van der Waals surface area (Å²) in [6, 6.07) is 7.69. The van der Waals surface area contributed by atoms with Gasteiger partial charge in [0.05, 0.1) is 12.1 Å². The van der Waals surface area contributed by atoms with Crippen molar-refractivity contribution in [3.63, 3.8) is 0 Å². The van der Waals surface area contributed by atoms with E-state index in [1.54, 1.807) is 17.1 Å². The number of aryl methyl sites for hydroxylation is 1. The Hall–Kier alpha value is -2.35. The summed E-state index contributed by atoms with van der Waals surface area (Å²) in [6.07, 6.45) is 7.33. The Morgan fingerprint density at radius 3 is 2.63 bits per heavy atom. The Bertz CT molecular complexity index is 862. The number of aromatic amines is 1. The third kappa shape index (κ3) is 4.50. The number of rotatable bonds is 4. The summed E-state index contributed by atoms with van der Waals surface area (Å²) in [5.41, 5.74) is 2.87. The number of hydrogen-bond acceptors (Lipinski definition) is 4. The molecule has 144 valence electrons. The van der Waals surface area contributed by atoms with Crippen LogP contribution in [0.5, 0.6) is 0 Å². The highest BCUT2D eigenvalue weighted by Gasteiger charge is 2.34. The molecular formula is C18H22Cl2N6O. The maximum Gasteiger partial charge on any atom is 0.229 e.